The summed E-state index contributed by atoms with van der Waals surface area (Å²) in [7, 11) is 0. The van der Waals surface area contributed by atoms with Crippen LogP contribution in [0, 0.1) is 11.8 Å². The molecule has 114 valence electrons. The lowest BCUT2D eigenvalue weighted by Gasteiger charge is -2.13. The maximum Gasteiger partial charge on any atom is 0.221 e. The van der Waals surface area contributed by atoms with Crippen molar-refractivity contribution < 1.29 is 14.6 Å². The Morgan fingerprint density at radius 2 is 1.79 bits per heavy atom. The quantitative estimate of drug-likeness (QED) is 0.487. The van der Waals surface area contributed by atoms with E-state index in [1.54, 1.807) is 0 Å². The molecule has 0 radical (unpaired) electrons. The summed E-state index contributed by atoms with van der Waals surface area (Å²) in [5.41, 5.74) is 0. The molecule has 0 saturated carbocycles. The van der Waals surface area contributed by atoms with Crippen LogP contribution in [0.4, 0.5) is 0 Å². The molecule has 1 atom stereocenters. The van der Waals surface area contributed by atoms with Gasteiger partial charge in [0.2, 0.25) is 5.91 Å². The highest BCUT2D eigenvalue weighted by molar-refractivity contribution is 5.76. The van der Waals surface area contributed by atoms with E-state index in [0.717, 1.165) is 0 Å². The second kappa shape index (κ2) is 11.2. The predicted octanol–water partition coefficient (Wildman–Crippen LogP) is 0.772. The number of nitrogens with one attached hydrogen (secondary N) is 2. The molecule has 0 aliphatic heterocycles. The molecule has 0 saturated heterocycles. The number of hydrogen-bond acceptors (Lipinski definition) is 4. The first-order chi connectivity index (χ1) is 8.91. The Labute approximate surface area is 117 Å². The van der Waals surface area contributed by atoms with Crippen LogP contribution < -0.4 is 10.6 Å². The molecule has 5 nitrogen and oxygen atoms in total. The van der Waals surface area contributed by atoms with Crippen molar-refractivity contribution in [3.05, 3.63) is 0 Å². The van der Waals surface area contributed by atoms with E-state index >= 15 is 0 Å². The first-order valence-corrected chi connectivity index (χ1v) is 7.15. The van der Waals surface area contributed by atoms with Crippen LogP contribution in [0.5, 0.6) is 0 Å². The zero-order chi connectivity index (χ0) is 14.7. The molecule has 0 fully saturated rings. The molecule has 5 heteroatoms. The molecule has 0 aromatic rings. The SMILES string of the molecule is CC(C)CNC(=O)CCNCC(O)COCC(C)C. The van der Waals surface area contributed by atoms with Gasteiger partial charge in [-0.15, -0.1) is 0 Å². The zero-order valence-electron chi connectivity index (χ0n) is 12.7. The number of carbonyl (C=O) groups is 1. The molecule has 0 aliphatic carbocycles. The fourth-order valence-electron chi connectivity index (χ4n) is 1.38. The normalized spacial score (nSPS) is 13.0. The molecule has 0 rings (SSSR count). The van der Waals surface area contributed by atoms with Gasteiger partial charge in [-0.3, -0.25) is 4.79 Å². The summed E-state index contributed by atoms with van der Waals surface area (Å²) in [6, 6.07) is 0. The Hall–Kier alpha value is -0.650. The summed E-state index contributed by atoms with van der Waals surface area (Å²) in [6.07, 6.45) is -0.0794. The van der Waals surface area contributed by atoms with E-state index in [1.165, 1.54) is 0 Å². The summed E-state index contributed by atoms with van der Waals surface area (Å²) < 4.78 is 5.33. The largest absolute Gasteiger partial charge is 0.389 e. The van der Waals surface area contributed by atoms with Crippen molar-refractivity contribution in [2.45, 2.75) is 40.2 Å². The van der Waals surface area contributed by atoms with Gasteiger partial charge in [0, 0.05) is 32.7 Å². The van der Waals surface area contributed by atoms with Crippen LogP contribution in [0.2, 0.25) is 0 Å². The van der Waals surface area contributed by atoms with E-state index in [9.17, 15) is 9.90 Å². The first kappa shape index (κ1) is 18.4. The van der Waals surface area contributed by atoms with Crippen LogP contribution >= 0.6 is 0 Å². The van der Waals surface area contributed by atoms with Crippen molar-refractivity contribution in [3.8, 4) is 0 Å². The molecule has 0 spiro atoms. The van der Waals surface area contributed by atoms with E-state index in [4.69, 9.17) is 4.74 Å². The highest BCUT2D eigenvalue weighted by atomic mass is 16.5. The van der Waals surface area contributed by atoms with Crippen LogP contribution in [-0.2, 0) is 9.53 Å². The van der Waals surface area contributed by atoms with Gasteiger partial charge in [-0.05, 0) is 11.8 Å². The summed E-state index contributed by atoms with van der Waals surface area (Å²) in [6.45, 7) is 11.0. The third-order valence-corrected chi connectivity index (χ3v) is 2.38. The van der Waals surface area contributed by atoms with Crippen LogP contribution in [0.25, 0.3) is 0 Å². The average Bonchev–Trinajstić information content (AvgIpc) is 2.31. The molecular weight excluding hydrogens is 244 g/mol. The van der Waals surface area contributed by atoms with Crippen LogP contribution in [0.1, 0.15) is 34.1 Å². The van der Waals surface area contributed by atoms with Gasteiger partial charge in [0.15, 0.2) is 0 Å². The minimum Gasteiger partial charge on any atom is -0.389 e. The topological polar surface area (TPSA) is 70.6 Å². The number of rotatable bonds is 11. The van der Waals surface area contributed by atoms with E-state index in [1.807, 2.05) is 0 Å². The van der Waals surface area contributed by atoms with E-state index < -0.39 is 6.10 Å². The average molecular weight is 274 g/mol. The van der Waals surface area contributed by atoms with Crippen molar-refractivity contribution in [2.75, 3.05) is 32.8 Å². The fourth-order valence-corrected chi connectivity index (χ4v) is 1.38. The van der Waals surface area contributed by atoms with Gasteiger partial charge in [0.05, 0.1) is 12.7 Å². The minimum absolute atomic E-state index is 0.0479. The highest BCUT2D eigenvalue weighted by Crippen LogP contribution is 1.93. The lowest BCUT2D eigenvalue weighted by atomic mass is 10.2. The van der Waals surface area contributed by atoms with Gasteiger partial charge >= 0.3 is 0 Å². The number of carbonyl (C=O) groups excluding carboxylic acids is 1. The first-order valence-electron chi connectivity index (χ1n) is 7.15. The summed E-state index contributed by atoms with van der Waals surface area (Å²) in [5, 5.41) is 15.5. The van der Waals surface area contributed by atoms with Gasteiger partial charge in [-0.25, -0.2) is 0 Å². The molecule has 1 unspecified atom stereocenters. The smallest absolute Gasteiger partial charge is 0.221 e. The molecule has 3 N–H and O–H groups in total. The lowest BCUT2D eigenvalue weighted by molar-refractivity contribution is -0.121. The van der Waals surface area contributed by atoms with Gasteiger partial charge in [-0.2, -0.15) is 0 Å². The van der Waals surface area contributed by atoms with Crippen molar-refractivity contribution in [3.63, 3.8) is 0 Å². The number of aliphatic hydroxyl groups excluding tert-OH is 1. The molecular formula is C14H30N2O3. The molecule has 0 aromatic carbocycles. The Kier molecular flexibility index (Phi) is 10.8. The summed E-state index contributed by atoms with van der Waals surface area (Å²) >= 11 is 0. The Morgan fingerprint density at radius 1 is 1.11 bits per heavy atom. The summed E-state index contributed by atoms with van der Waals surface area (Å²) in [4.78, 5) is 11.4. The van der Waals surface area contributed by atoms with Gasteiger partial charge in [0.25, 0.3) is 0 Å². The van der Waals surface area contributed by atoms with E-state index in [2.05, 4.69) is 38.3 Å². The monoisotopic (exact) mass is 274 g/mol. The highest BCUT2D eigenvalue weighted by Gasteiger charge is 2.06. The second-order valence-corrected chi connectivity index (χ2v) is 5.74. The third-order valence-electron chi connectivity index (χ3n) is 2.38. The number of aliphatic hydroxyl groups is 1. The second-order valence-electron chi connectivity index (χ2n) is 5.74. The van der Waals surface area contributed by atoms with Crippen LogP contribution in [-0.4, -0.2) is 50.0 Å². The molecule has 0 heterocycles. The number of hydrogen-bond donors (Lipinski definition) is 3. The molecule has 0 bridgehead atoms. The fraction of sp³-hybridized carbons (Fsp3) is 0.929. The van der Waals surface area contributed by atoms with E-state index in [-0.39, 0.29) is 5.91 Å². The zero-order valence-corrected chi connectivity index (χ0v) is 12.7. The van der Waals surface area contributed by atoms with Crippen molar-refractivity contribution in [1.29, 1.82) is 0 Å². The predicted molar refractivity (Wildman–Crippen MR) is 77.0 cm³/mol. The maximum absolute atomic E-state index is 11.4. The Bertz CT molecular complexity index is 233. The number of ether oxygens (including phenoxy) is 1. The molecule has 0 aliphatic rings. The molecule has 0 aromatic heterocycles. The van der Waals surface area contributed by atoms with Crippen molar-refractivity contribution in [1.82, 2.24) is 10.6 Å². The van der Waals surface area contributed by atoms with Crippen LogP contribution in [0.15, 0.2) is 0 Å². The van der Waals surface area contributed by atoms with Gasteiger partial charge < -0.3 is 20.5 Å². The van der Waals surface area contributed by atoms with Crippen LogP contribution in [0.3, 0.4) is 0 Å². The third kappa shape index (κ3) is 13.6. The molecule has 1 amide bonds. The van der Waals surface area contributed by atoms with E-state index in [0.29, 0.717) is 51.1 Å². The minimum atomic E-state index is -0.516. The van der Waals surface area contributed by atoms with Crippen molar-refractivity contribution >= 4 is 5.91 Å². The van der Waals surface area contributed by atoms with Crippen molar-refractivity contribution in [2.24, 2.45) is 11.8 Å². The Balaban J connectivity index is 3.39. The maximum atomic E-state index is 11.4. The van der Waals surface area contributed by atoms with Gasteiger partial charge in [0.1, 0.15) is 0 Å². The lowest BCUT2D eigenvalue weighted by Crippen LogP contribution is -2.34. The molecule has 19 heavy (non-hydrogen) atoms. The number of amides is 1. The van der Waals surface area contributed by atoms with Gasteiger partial charge in [-0.1, -0.05) is 27.7 Å². The Morgan fingerprint density at radius 3 is 2.37 bits per heavy atom. The standard InChI is InChI=1S/C14H30N2O3/c1-11(2)7-16-14(18)5-6-15-8-13(17)10-19-9-12(3)4/h11-13,15,17H,5-10H2,1-4H3,(H,16,18). The summed E-state index contributed by atoms with van der Waals surface area (Å²) in [5.74, 6) is 0.994.